The van der Waals surface area contributed by atoms with Crippen molar-refractivity contribution in [3.8, 4) is 0 Å². The number of aliphatic hydroxyl groups excluding tert-OH is 1. The SMILES string of the molecule is OC[C@@H]1COC(Cn2cncn2)(c2ccc(Cl)cc2F)C1. The van der Waals surface area contributed by atoms with Crippen LogP contribution in [0.3, 0.4) is 0 Å². The number of benzene rings is 1. The molecule has 1 aromatic carbocycles. The molecule has 1 unspecified atom stereocenters. The number of aliphatic hydroxyl groups is 1. The third-order valence-electron chi connectivity index (χ3n) is 3.78. The molecule has 1 N–H and O–H groups in total. The number of aromatic nitrogens is 3. The van der Waals surface area contributed by atoms with Crippen molar-refractivity contribution < 1.29 is 14.2 Å². The van der Waals surface area contributed by atoms with Gasteiger partial charge in [0, 0.05) is 23.1 Å². The van der Waals surface area contributed by atoms with Gasteiger partial charge in [-0.15, -0.1) is 0 Å². The summed E-state index contributed by atoms with van der Waals surface area (Å²) >= 11 is 5.82. The van der Waals surface area contributed by atoms with Gasteiger partial charge >= 0.3 is 0 Å². The van der Waals surface area contributed by atoms with Crippen LogP contribution in [-0.2, 0) is 16.9 Å². The summed E-state index contributed by atoms with van der Waals surface area (Å²) in [5.41, 5.74) is -0.436. The summed E-state index contributed by atoms with van der Waals surface area (Å²) < 4.78 is 21.8. The molecule has 2 atom stereocenters. The molecule has 21 heavy (non-hydrogen) atoms. The van der Waals surface area contributed by atoms with Gasteiger partial charge in [-0.05, 0) is 18.6 Å². The molecule has 2 heterocycles. The second-order valence-corrected chi connectivity index (χ2v) is 5.71. The van der Waals surface area contributed by atoms with E-state index in [0.717, 1.165) is 0 Å². The number of rotatable bonds is 4. The maximum absolute atomic E-state index is 14.3. The molecule has 0 radical (unpaired) electrons. The van der Waals surface area contributed by atoms with Crippen LogP contribution in [0.1, 0.15) is 12.0 Å². The molecule has 1 aliphatic rings. The Morgan fingerprint density at radius 2 is 2.38 bits per heavy atom. The molecule has 1 saturated heterocycles. The Morgan fingerprint density at radius 1 is 1.52 bits per heavy atom. The van der Waals surface area contributed by atoms with E-state index in [0.29, 0.717) is 30.2 Å². The van der Waals surface area contributed by atoms with Crippen molar-refractivity contribution >= 4 is 11.6 Å². The van der Waals surface area contributed by atoms with E-state index in [1.807, 2.05) is 0 Å². The molecular formula is C14H15ClFN3O2. The monoisotopic (exact) mass is 311 g/mol. The zero-order valence-corrected chi connectivity index (χ0v) is 12.0. The van der Waals surface area contributed by atoms with Crippen molar-refractivity contribution in [2.45, 2.75) is 18.6 Å². The zero-order chi connectivity index (χ0) is 14.9. The van der Waals surface area contributed by atoms with Gasteiger partial charge in [-0.2, -0.15) is 5.10 Å². The van der Waals surface area contributed by atoms with Crippen LogP contribution >= 0.6 is 11.6 Å². The summed E-state index contributed by atoms with van der Waals surface area (Å²) in [5, 5.41) is 13.8. The molecule has 1 fully saturated rings. The van der Waals surface area contributed by atoms with E-state index in [2.05, 4.69) is 10.1 Å². The van der Waals surface area contributed by atoms with E-state index in [1.165, 1.54) is 12.4 Å². The van der Waals surface area contributed by atoms with Crippen LogP contribution in [-0.4, -0.2) is 33.1 Å². The molecule has 0 bridgehead atoms. The summed E-state index contributed by atoms with van der Waals surface area (Å²) in [4.78, 5) is 3.90. The van der Waals surface area contributed by atoms with E-state index in [9.17, 15) is 9.50 Å². The molecule has 2 aromatic rings. The molecule has 0 amide bonds. The van der Waals surface area contributed by atoms with Crippen LogP contribution < -0.4 is 0 Å². The summed E-state index contributed by atoms with van der Waals surface area (Å²) in [6.07, 6.45) is 3.50. The van der Waals surface area contributed by atoms with Gasteiger partial charge in [-0.1, -0.05) is 17.7 Å². The van der Waals surface area contributed by atoms with Crippen molar-refractivity contribution in [2.24, 2.45) is 5.92 Å². The predicted molar refractivity (Wildman–Crippen MR) is 74.3 cm³/mol. The first-order chi connectivity index (χ1) is 10.1. The molecule has 1 aliphatic heterocycles. The second kappa shape index (κ2) is 5.71. The highest BCUT2D eigenvalue weighted by atomic mass is 35.5. The Morgan fingerprint density at radius 3 is 3.00 bits per heavy atom. The van der Waals surface area contributed by atoms with Gasteiger partial charge in [-0.3, -0.25) is 0 Å². The van der Waals surface area contributed by atoms with Crippen molar-refractivity contribution in [1.82, 2.24) is 14.8 Å². The van der Waals surface area contributed by atoms with Crippen LogP contribution in [0.25, 0.3) is 0 Å². The van der Waals surface area contributed by atoms with Crippen molar-refractivity contribution in [3.63, 3.8) is 0 Å². The number of hydrogen-bond donors (Lipinski definition) is 1. The molecule has 7 heteroatoms. The second-order valence-electron chi connectivity index (χ2n) is 5.28. The average molecular weight is 312 g/mol. The van der Waals surface area contributed by atoms with Gasteiger partial charge < -0.3 is 9.84 Å². The summed E-state index contributed by atoms with van der Waals surface area (Å²) in [5.74, 6) is -0.440. The van der Waals surface area contributed by atoms with E-state index >= 15 is 0 Å². The topological polar surface area (TPSA) is 60.2 Å². The van der Waals surface area contributed by atoms with Gasteiger partial charge in [0.2, 0.25) is 0 Å². The fraction of sp³-hybridized carbons (Fsp3) is 0.429. The predicted octanol–water partition coefficient (Wildman–Crippen LogP) is 1.99. The lowest BCUT2D eigenvalue weighted by molar-refractivity contribution is -0.0206. The standard InChI is InChI=1S/C14H15ClFN3O2/c15-11-1-2-12(13(16)3-11)14(4-10(5-20)6-21-14)7-19-9-17-8-18-19/h1-3,8-10,20H,4-7H2/t10-,14?/m1/s1. The number of halogens is 2. The maximum Gasteiger partial charge on any atom is 0.137 e. The molecule has 0 spiro atoms. The smallest absolute Gasteiger partial charge is 0.137 e. The van der Waals surface area contributed by atoms with Gasteiger partial charge in [0.1, 0.15) is 24.1 Å². The first kappa shape index (κ1) is 14.4. The van der Waals surface area contributed by atoms with Crippen LogP contribution in [0.15, 0.2) is 30.9 Å². The molecular weight excluding hydrogens is 297 g/mol. The largest absolute Gasteiger partial charge is 0.396 e. The molecule has 112 valence electrons. The zero-order valence-electron chi connectivity index (χ0n) is 11.2. The van der Waals surface area contributed by atoms with E-state index in [4.69, 9.17) is 16.3 Å². The maximum atomic E-state index is 14.3. The van der Waals surface area contributed by atoms with Crippen LogP contribution in [0.5, 0.6) is 0 Å². The summed E-state index contributed by atoms with van der Waals surface area (Å²) in [6, 6.07) is 4.54. The highest BCUT2D eigenvalue weighted by molar-refractivity contribution is 6.30. The highest BCUT2D eigenvalue weighted by Crippen LogP contribution is 2.41. The van der Waals surface area contributed by atoms with Gasteiger partial charge in [0.25, 0.3) is 0 Å². The quantitative estimate of drug-likeness (QED) is 0.938. The van der Waals surface area contributed by atoms with Gasteiger partial charge in [0.15, 0.2) is 0 Å². The van der Waals surface area contributed by atoms with E-state index < -0.39 is 11.4 Å². The average Bonchev–Trinajstić information content (AvgIpc) is 3.09. The van der Waals surface area contributed by atoms with Crippen LogP contribution in [0, 0.1) is 11.7 Å². The molecule has 5 nitrogen and oxygen atoms in total. The normalized spacial score (nSPS) is 25.4. The minimum Gasteiger partial charge on any atom is -0.396 e. The third-order valence-corrected chi connectivity index (χ3v) is 4.01. The minimum absolute atomic E-state index is 0.00825. The first-order valence-electron chi connectivity index (χ1n) is 6.66. The fourth-order valence-corrected chi connectivity index (χ4v) is 2.96. The highest BCUT2D eigenvalue weighted by Gasteiger charge is 2.44. The van der Waals surface area contributed by atoms with Crippen molar-refractivity contribution in [2.75, 3.05) is 13.2 Å². The minimum atomic E-state index is -0.865. The van der Waals surface area contributed by atoms with Crippen molar-refractivity contribution in [3.05, 3.63) is 47.3 Å². The van der Waals surface area contributed by atoms with Crippen molar-refractivity contribution in [1.29, 1.82) is 0 Å². The Kier molecular flexibility index (Phi) is 3.93. The third kappa shape index (κ3) is 2.79. The molecule has 3 rings (SSSR count). The number of hydrogen-bond acceptors (Lipinski definition) is 4. The lowest BCUT2D eigenvalue weighted by atomic mass is 9.87. The lowest BCUT2D eigenvalue weighted by Crippen LogP contribution is -2.32. The van der Waals surface area contributed by atoms with Crippen LogP contribution in [0.4, 0.5) is 4.39 Å². The van der Waals surface area contributed by atoms with Gasteiger partial charge in [-0.25, -0.2) is 14.1 Å². The van der Waals surface area contributed by atoms with E-state index in [1.54, 1.807) is 23.1 Å². The number of ether oxygens (including phenoxy) is 1. The Labute approximate surface area is 126 Å². The van der Waals surface area contributed by atoms with Gasteiger partial charge in [0.05, 0.1) is 13.2 Å². The molecule has 1 aromatic heterocycles. The fourth-order valence-electron chi connectivity index (χ4n) is 2.80. The number of nitrogens with zero attached hydrogens (tertiary/aromatic N) is 3. The molecule has 0 saturated carbocycles. The van der Waals surface area contributed by atoms with E-state index in [-0.39, 0.29) is 12.5 Å². The molecule has 0 aliphatic carbocycles. The summed E-state index contributed by atoms with van der Waals surface area (Å²) in [6.45, 7) is 0.726. The Hall–Kier alpha value is -1.50. The lowest BCUT2D eigenvalue weighted by Gasteiger charge is -2.29. The van der Waals surface area contributed by atoms with Crippen LogP contribution in [0.2, 0.25) is 5.02 Å². The Bertz CT molecular complexity index is 623. The Balaban J connectivity index is 1.99. The first-order valence-corrected chi connectivity index (χ1v) is 7.03. The summed E-state index contributed by atoms with van der Waals surface area (Å²) in [7, 11) is 0.